The van der Waals surface area contributed by atoms with Gasteiger partial charge in [0.15, 0.2) is 6.29 Å². The van der Waals surface area contributed by atoms with Crippen molar-refractivity contribution in [1.29, 1.82) is 0 Å². The molecule has 11 nitrogen and oxygen atoms in total. The van der Waals surface area contributed by atoms with Crippen LogP contribution in [0.2, 0.25) is 0 Å². The second kappa shape index (κ2) is 5.61. The van der Waals surface area contributed by atoms with Gasteiger partial charge in [-0.15, -0.1) is 0 Å². The van der Waals surface area contributed by atoms with Gasteiger partial charge in [-0.25, -0.2) is 0 Å². The predicted octanol–water partition coefficient (Wildman–Crippen LogP) is -4.88. The van der Waals surface area contributed by atoms with Crippen molar-refractivity contribution in [2.45, 2.75) is 24.6 Å². The highest BCUT2D eigenvalue weighted by atomic mass is 31.2. The number of ether oxygens (including phenoxy) is 1. The number of aliphatic hydroxyl groups is 2. The van der Waals surface area contributed by atoms with Gasteiger partial charge in [-0.2, -0.15) is 0 Å². The molecule has 0 bridgehead atoms. The van der Waals surface area contributed by atoms with Crippen LogP contribution < -0.4 is 19.6 Å². The van der Waals surface area contributed by atoms with Crippen LogP contribution in [-0.4, -0.2) is 41.4 Å². The third-order valence-corrected chi connectivity index (χ3v) is 2.88. The predicted molar refractivity (Wildman–Crippen MR) is 42.9 cm³/mol. The van der Waals surface area contributed by atoms with E-state index in [1.807, 2.05) is 0 Å². The minimum absolute atomic E-state index is 0.954. The smallest absolute Gasteiger partial charge is 0.191 e. The standard InChI is InChI=1S/C5H12O11P2/c6-3-2(1-14-17(8,9)10)15-5(4(3)7)16-18(11,12)13/h2-7H,1H2,(H2,8,9,10)(H2,11,12,13)/p-4/t2-,3-,4-,5?/m1/s1. The van der Waals surface area contributed by atoms with Gasteiger partial charge in [0, 0.05) is 0 Å². The van der Waals surface area contributed by atoms with Crippen molar-refractivity contribution in [3.8, 4) is 0 Å². The molecule has 4 atom stereocenters. The van der Waals surface area contributed by atoms with Crippen molar-refractivity contribution in [2.24, 2.45) is 0 Å². The summed E-state index contributed by atoms with van der Waals surface area (Å²) >= 11 is 0. The van der Waals surface area contributed by atoms with Gasteiger partial charge < -0.3 is 52.7 Å². The lowest BCUT2D eigenvalue weighted by molar-refractivity contribution is -0.356. The monoisotopic (exact) mass is 306 g/mol. The molecule has 18 heavy (non-hydrogen) atoms. The zero-order valence-corrected chi connectivity index (χ0v) is 10.3. The molecule has 1 aliphatic heterocycles. The first-order valence-corrected chi connectivity index (χ1v) is 7.30. The first-order chi connectivity index (χ1) is 7.99. The Morgan fingerprint density at radius 1 is 1.06 bits per heavy atom. The summed E-state index contributed by atoms with van der Waals surface area (Å²) < 4.78 is 32.5. The van der Waals surface area contributed by atoms with E-state index in [9.17, 15) is 38.9 Å². The van der Waals surface area contributed by atoms with Crippen molar-refractivity contribution >= 4 is 15.6 Å². The van der Waals surface area contributed by atoms with Crippen LogP contribution >= 0.6 is 15.6 Å². The normalized spacial score (nSPS) is 33.9. The number of aliphatic hydroxyl groups excluding tert-OH is 2. The Labute approximate surface area is 100 Å². The molecule has 0 radical (unpaired) electrons. The maximum absolute atomic E-state index is 10.3. The molecule has 1 saturated heterocycles. The van der Waals surface area contributed by atoms with Gasteiger partial charge in [-0.05, 0) is 0 Å². The molecule has 0 aliphatic carbocycles. The van der Waals surface area contributed by atoms with Crippen molar-refractivity contribution in [1.82, 2.24) is 0 Å². The molecule has 1 rings (SSSR count). The van der Waals surface area contributed by atoms with Gasteiger partial charge in [0.25, 0.3) is 0 Å². The summed E-state index contributed by atoms with van der Waals surface area (Å²) in [5.41, 5.74) is 0. The van der Waals surface area contributed by atoms with Gasteiger partial charge in [0.1, 0.15) is 18.3 Å². The molecule has 0 aromatic carbocycles. The van der Waals surface area contributed by atoms with E-state index in [0.29, 0.717) is 0 Å². The topological polar surface area (TPSA) is 195 Å². The highest BCUT2D eigenvalue weighted by molar-refractivity contribution is 7.43. The summed E-state index contributed by atoms with van der Waals surface area (Å²) in [5.74, 6) is 0. The Kier molecular flexibility index (Phi) is 5.04. The highest BCUT2D eigenvalue weighted by Gasteiger charge is 2.44. The number of hydrogen-bond acceptors (Lipinski definition) is 11. The van der Waals surface area contributed by atoms with Crippen LogP contribution in [0.15, 0.2) is 0 Å². The molecule has 2 N–H and O–H groups in total. The van der Waals surface area contributed by atoms with Crippen molar-refractivity contribution in [2.75, 3.05) is 6.61 Å². The first-order valence-electron chi connectivity index (χ1n) is 4.38. The quantitative estimate of drug-likeness (QED) is 0.462. The van der Waals surface area contributed by atoms with Gasteiger partial charge in [-0.1, -0.05) is 0 Å². The molecule has 0 saturated carbocycles. The van der Waals surface area contributed by atoms with Crippen LogP contribution in [0.3, 0.4) is 0 Å². The fourth-order valence-corrected chi connectivity index (χ4v) is 1.99. The van der Waals surface area contributed by atoms with Crippen LogP contribution in [0.4, 0.5) is 0 Å². The second-order valence-corrected chi connectivity index (χ2v) is 5.58. The van der Waals surface area contributed by atoms with Crippen LogP contribution in [0.1, 0.15) is 0 Å². The van der Waals surface area contributed by atoms with E-state index < -0.39 is 46.9 Å². The fraction of sp³-hybridized carbons (Fsp3) is 1.00. The third kappa shape index (κ3) is 5.00. The van der Waals surface area contributed by atoms with E-state index in [1.165, 1.54) is 0 Å². The van der Waals surface area contributed by atoms with Gasteiger partial charge in [0.2, 0.25) is 0 Å². The Morgan fingerprint density at radius 3 is 2.06 bits per heavy atom. The molecule has 1 aliphatic rings. The molecule has 13 heteroatoms. The molecule has 0 spiro atoms. The number of phosphoric ester groups is 2. The molecule has 0 amide bonds. The van der Waals surface area contributed by atoms with E-state index in [1.54, 1.807) is 0 Å². The third-order valence-electron chi connectivity index (χ3n) is 1.95. The Hall–Kier alpha value is 0.1000. The molecule has 0 aromatic rings. The lowest BCUT2D eigenvalue weighted by atomic mass is 10.1. The summed E-state index contributed by atoms with van der Waals surface area (Å²) in [7, 11) is -10.8. The van der Waals surface area contributed by atoms with Crippen LogP contribution in [-0.2, 0) is 22.9 Å². The number of hydrogen-bond donors (Lipinski definition) is 2. The van der Waals surface area contributed by atoms with Crippen LogP contribution in [0.5, 0.6) is 0 Å². The van der Waals surface area contributed by atoms with Crippen molar-refractivity contribution < 1.29 is 52.7 Å². The van der Waals surface area contributed by atoms with Gasteiger partial charge in [0.05, 0.1) is 22.3 Å². The van der Waals surface area contributed by atoms with E-state index in [-0.39, 0.29) is 0 Å². The van der Waals surface area contributed by atoms with E-state index in [4.69, 9.17) is 0 Å². The molecule has 1 heterocycles. The van der Waals surface area contributed by atoms with E-state index in [2.05, 4.69) is 13.8 Å². The Bertz CT molecular complexity index is 372. The van der Waals surface area contributed by atoms with Crippen molar-refractivity contribution in [3.05, 3.63) is 0 Å². The number of rotatable bonds is 5. The highest BCUT2D eigenvalue weighted by Crippen LogP contribution is 2.35. The summed E-state index contributed by atoms with van der Waals surface area (Å²) in [6.45, 7) is -0.954. The Morgan fingerprint density at radius 2 is 1.61 bits per heavy atom. The minimum atomic E-state index is -5.47. The average Bonchev–Trinajstić information content (AvgIpc) is 2.40. The van der Waals surface area contributed by atoms with Crippen LogP contribution in [0.25, 0.3) is 0 Å². The average molecular weight is 306 g/mol. The van der Waals surface area contributed by atoms with Gasteiger partial charge in [-0.3, -0.25) is 0 Å². The largest absolute Gasteiger partial charge is 0.790 e. The maximum atomic E-state index is 10.3. The second-order valence-electron chi connectivity index (χ2n) is 3.32. The lowest BCUT2D eigenvalue weighted by Gasteiger charge is -2.32. The number of phosphoric acid groups is 2. The first kappa shape index (κ1) is 16.2. The minimum Gasteiger partial charge on any atom is -0.790 e. The van der Waals surface area contributed by atoms with E-state index >= 15 is 0 Å². The molecule has 108 valence electrons. The molecule has 1 unspecified atom stereocenters. The summed E-state index contributed by atoms with van der Waals surface area (Å²) in [6.07, 6.45) is -7.22. The molecular weight excluding hydrogens is 298 g/mol. The summed E-state index contributed by atoms with van der Waals surface area (Å²) in [5, 5.41) is 18.5. The van der Waals surface area contributed by atoms with E-state index in [0.717, 1.165) is 0 Å². The van der Waals surface area contributed by atoms with Crippen LogP contribution in [0, 0.1) is 0 Å². The lowest BCUT2D eigenvalue weighted by Crippen LogP contribution is -2.36. The molecule has 0 aromatic heterocycles. The SMILES string of the molecule is O=P([O-])([O-])OC[C@H]1OC(OP(=O)([O-])[O-])[C@H](O)[C@@H]1O. The fourth-order valence-electron chi connectivity index (χ4n) is 1.23. The Balaban J connectivity index is 2.59. The maximum Gasteiger partial charge on any atom is 0.191 e. The van der Waals surface area contributed by atoms with Crippen molar-refractivity contribution in [3.63, 3.8) is 0 Å². The molecular formula is C5H8O11P2-4. The van der Waals surface area contributed by atoms with Gasteiger partial charge >= 0.3 is 0 Å². The zero-order valence-electron chi connectivity index (χ0n) is 8.48. The summed E-state index contributed by atoms with van der Waals surface area (Å²) in [6, 6.07) is 0. The summed E-state index contributed by atoms with van der Waals surface area (Å²) in [4.78, 5) is 40.9. The molecule has 1 fully saturated rings. The zero-order chi connectivity index (χ0) is 14.1.